The molecule has 1 saturated heterocycles. The van der Waals surface area contributed by atoms with Crippen molar-refractivity contribution in [2.24, 2.45) is 0 Å². The minimum atomic E-state index is -0.250. The molecule has 0 spiro atoms. The summed E-state index contributed by atoms with van der Waals surface area (Å²) < 4.78 is 13.8. The van der Waals surface area contributed by atoms with Crippen LogP contribution in [0.25, 0.3) is 0 Å². The Kier molecular flexibility index (Phi) is 5.48. The van der Waals surface area contributed by atoms with Gasteiger partial charge in [0.15, 0.2) is 0 Å². The van der Waals surface area contributed by atoms with E-state index in [0.29, 0.717) is 24.2 Å². The summed E-state index contributed by atoms with van der Waals surface area (Å²) in [6.07, 6.45) is 1.01. The van der Waals surface area contributed by atoms with Gasteiger partial charge < -0.3 is 5.11 Å². The van der Waals surface area contributed by atoms with Crippen molar-refractivity contribution >= 4 is 0 Å². The van der Waals surface area contributed by atoms with Gasteiger partial charge in [0.25, 0.3) is 0 Å². The number of β-amino-alcohol motifs (C(OH)–C–C–N with tert-alkyl or cyclic N) is 1. The molecule has 1 N–H and O–H groups in total. The van der Waals surface area contributed by atoms with Gasteiger partial charge in [0.05, 0.1) is 18.2 Å². The molecular weight excluding hydrogens is 257 g/mol. The van der Waals surface area contributed by atoms with Crippen molar-refractivity contribution in [1.29, 1.82) is 5.26 Å². The zero-order valence-corrected chi connectivity index (χ0v) is 11.6. The first-order chi connectivity index (χ1) is 9.72. The minimum Gasteiger partial charge on any atom is -0.395 e. The quantitative estimate of drug-likeness (QED) is 0.898. The fourth-order valence-electron chi connectivity index (χ4n) is 2.55. The highest BCUT2D eigenvalue weighted by Crippen LogP contribution is 2.14. The van der Waals surface area contributed by atoms with Gasteiger partial charge in [-0.05, 0) is 37.7 Å². The Bertz CT molecular complexity index is 486. The summed E-state index contributed by atoms with van der Waals surface area (Å²) in [4.78, 5) is 4.43. The van der Waals surface area contributed by atoms with Crippen LogP contribution in [0.15, 0.2) is 18.2 Å². The third kappa shape index (κ3) is 4.01. The lowest BCUT2D eigenvalue weighted by Gasteiger charge is -2.21. The Hall–Kier alpha value is -1.48. The second kappa shape index (κ2) is 7.34. The smallest absolute Gasteiger partial charge is 0.127 e. The fourth-order valence-corrected chi connectivity index (χ4v) is 2.55. The first-order valence-electron chi connectivity index (χ1n) is 6.97. The van der Waals surface area contributed by atoms with E-state index in [1.165, 1.54) is 12.1 Å². The summed E-state index contributed by atoms with van der Waals surface area (Å²) in [5, 5.41) is 17.9. The van der Waals surface area contributed by atoms with Crippen LogP contribution in [0.4, 0.5) is 4.39 Å². The molecule has 1 aromatic rings. The predicted octanol–water partition coefficient (Wildman–Crippen LogP) is 1.20. The predicted molar refractivity (Wildman–Crippen MR) is 74.5 cm³/mol. The summed E-state index contributed by atoms with van der Waals surface area (Å²) in [6.45, 7) is 5.05. The van der Waals surface area contributed by atoms with Gasteiger partial charge in [-0.2, -0.15) is 5.26 Å². The van der Waals surface area contributed by atoms with Crippen LogP contribution in [0.2, 0.25) is 0 Å². The summed E-state index contributed by atoms with van der Waals surface area (Å²) >= 11 is 0. The SMILES string of the molecule is N#Cc1ccc(F)c(CN2CCCN(CCO)CC2)c1. The standard InChI is InChI=1S/C15H20FN3O/c16-15-3-2-13(11-17)10-14(15)12-19-5-1-4-18(6-7-19)8-9-20/h2-3,10,20H,1,4-9,12H2. The summed E-state index contributed by atoms with van der Waals surface area (Å²) in [5.74, 6) is -0.250. The molecule has 20 heavy (non-hydrogen) atoms. The minimum absolute atomic E-state index is 0.179. The van der Waals surface area contributed by atoms with E-state index in [0.717, 1.165) is 32.6 Å². The Labute approximate surface area is 119 Å². The number of aliphatic hydroxyl groups is 1. The van der Waals surface area contributed by atoms with Crippen molar-refractivity contribution in [3.05, 3.63) is 35.1 Å². The maximum Gasteiger partial charge on any atom is 0.127 e. The molecule has 0 saturated carbocycles. The lowest BCUT2D eigenvalue weighted by atomic mass is 10.1. The molecule has 0 atom stereocenters. The molecule has 1 aliphatic rings. The highest BCUT2D eigenvalue weighted by molar-refractivity contribution is 5.33. The second-order valence-corrected chi connectivity index (χ2v) is 5.11. The van der Waals surface area contributed by atoms with E-state index >= 15 is 0 Å². The Morgan fingerprint density at radius 2 is 1.95 bits per heavy atom. The molecule has 4 nitrogen and oxygen atoms in total. The number of nitriles is 1. The first-order valence-corrected chi connectivity index (χ1v) is 6.97. The highest BCUT2D eigenvalue weighted by Gasteiger charge is 2.16. The largest absolute Gasteiger partial charge is 0.395 e. The molecule has 0 radical (unpaired) electrons. The average molecular weight is 277 g/mol. The van der Waals surface area contributed by atoms with Crippen LogP contribution in [0, 0.1) is 17.1 Å². The van der Waals surface area contributed by atoms with E-state index in [-0.39, 0.29) is 12.4 Å². The van der Waals surface area contributed by atoms with E-state index < -0.39 is 0 Å². The molecule has 108 valence electrons. The number of nitrogens with zero attached hydrogens (tertiary/aromatic N) is 3. The maximum absolute atomic E-state index is 13.8. The zero-order valence-electron chi connectivity index (χ0n) is 11.6. The number of aliphatic hydroxyl groups excluding tert-OH is 1. The molecule has 1 fully saturated rings. The normalized spacial score (nSPS) is 17.6. The van der Waals surface area contributed by atoms with E-state index in [9.17, 15) is 4.39 Å². The van der Waals surface area contributed by atoms with Gasteiger partial charge in [0, 0.05) is 31.7 Å². The van der Waals surface area contributed by atoms with E-state index in [2.05, 4.69) is 9.80 Å². The number of benzene rings is 1. The number of halogens is 1. The second-order valence-electron chi connectivity index (χ2n) is 5.11. The molecule has 5 heteroatoms. The zero-order chi connectivity index (χ0) is 14.4. The van der Waals surface area contributed by atoms with Crippen molar-refractivity contribution in [2.75, 3.05) is 39.3 Å². The van der Waals surface area contributed by atoms with Crippen molar-refractivity contribution in [3.63, 3.8) is 0 Å². The highest BCUT2D eigenvalue weighted by atomic mass is 19.1. The fraction of sp³-hybridized carbons (Fsp3) is 0.533. The van der Waals surface area contributed by atoms with Gasteiger partial charge in [0.2, 0.25) is 0 Å². The van der Waals surface area contributed by atoms with Gasteiger partial charge in [-0.15, -0.1) is 0 Å². The molecular formula is C15H20FN3O. The number of hydrogen-bond donors (Lipinski definition) is 1. The maximum atomic E-state index is 13.8. The van der Waals surface area contributed by atoms with Crippen LogP contribution in [0.5, 0.6) is 0 Å². The molecule has 0 bridgehead atoms. The number of rotatable bonds is 4. The molecule has 0 amide bonds. The van der Waals surface area contributed by atoms with Crippen LogP contribution < -0.4 is 0 Å². The monoisotopic (exact) mass is 277 g/mol. The molecule has 1 heterocycles. The molecule has 0 unspecified atom stereocenters. The van der Waals surface area contributed by atoms with Crippen molar-refractivity contribution in [1.82, 2.24) is 9.80 Å². The van der Waals surface area contributed by atoms with Crippen LogP contribution in [-0.2, 0) is 6.54 Å². The van der Waals surface area contributed by atoms with Gasteiger partial charge >= 0.3 is 0 Å². The Morgan fingerprint density at radius 3 is 2.70 bits per heavy atom. The molecule has 0 aromatic heterocycles. The molecule has 0 aliphatic carbocycles. The summed E-state index contributed by atoms with van der Waals surface area (Å²) in [6, 6.07) is 6.55. The van der Waals surface area contributed by atoms with Crippen LogP contribution in [0.3, 0.4) is 0 Å². The van der Waals surface area contributed by atoms with E-state index in [1.807, 2.05) is 6.07 Å². The number of hydrogen-bond acceptors (Lipinski definition) is 4. The molecule has 1 aromatic carbocycles. The topological polar surface area (TPSA) is 50.5 Å². The van der Waals surface area contributed by atoms with Gasteiger partial charge in [-0.3, -0.25) is 9.80 Å². The molecule has 1 aliphatic heterocycles. The average Bonchev–Trinajstić information content (AvgIpc) is 2.67. The summed E-state index contributed by atoms with van der Waals surface area (Å²) in [5.41, 5.74) is 1.08. The van der Waals surface area contributed by atoms with Crippen LogP contribution in [0.1, 0.15) is 17.5 Å². The van der Waals surface area contributed by atoms with E-state index in [4.69, 9.17) is 10.4 Å². The Morgan fingerprint density at radius 1 is 1.20 bits per heavy atom. The first kappa shape index (κ1) is 14.9. The van der Waals surface area contributed by atoms with Gasteiger partial charge in [-0.1, -0.05) is 0 Å². The van der Waals surface area contributed by atoms with Crippen molar-refractivity contribution < 1.29 is 9.50 Å². The van der Waals surface area contributed by atoms with Crippen molar-refractivity contribution in [2.45, 2.75) is 13.0 Å². The lowest BCUT2D eigenvalue weighted by molar-refractivity contribution is 0.195. The Balaban J connectivity index is 1.98. The van der Waals surface area contributed by atoms with E-state index in [1.54, 1.807) is 6.07 Å². The van der Waals surface area contributed by atoms with Gasteiger partial charge in [-0.25, -0.2) is 4.39 Å². The lowest BCUT2D eigenvalue weighted by Crippen LogP contribution is -2.32. The summed E-state index contributed by atoms with van der Waals surface area (Å²) in [7, 11) is 0. The third-order valence-corrected chi connectivity index (χ3v) is 3.67. The third-order valence-electron chi connectivity index (χ3n) is 3.67. The van der Waals surface area contributed by atoms with Crippen LogP contribution >= 0.6 is 0 Å². The van der Waals surface area contributed by atoms with Crippen molar-refractivity contribution in [3.8, 4) is 6.07 Å². The molecule has 2 rings (SSSR count). The van der Waals surface area contributed by atoms with Crippen LogP contribution in [-0.4, -0.2) is 54.2 Å². The van der Waals surface area contributed by atoms with Gasteiger partial charge in [0.1, 0.15) is 5.82 Å².